The maximum atomic E-state index is 8.88. The lowest BCUT2D eigenvalue weighted by atomic mass is 11.4. The van der Waals surface area contributed by atoms with E-state index < -0.39 is 0 Å². The van der Waals surface area contributed by atoms with Crippen molar-refractivity contribution in [2.45, 2.75) is 0 Å². The standard InChI is InChI=1S/C2H3NO.3CHNO/c1-3-2-4;3*2-1-3/h1H3;3*2H. The molecule has 8 nitrogen and oxygen atoms in total. The predicted octanol–water partition coefficient (Wildman–Crippen LogP) is -0.345. The zero-order valence-electron chi connectivity index (χ0n) is 6.58. The smallest absolute Gasteiger partial charge is 0.222 e. The molecule has 0 fully saturated rings. The van der Waals surface area contributed by atoms with E-state index in [4.69, 9.17) is 35.4 Å². The van der Waals surface area contributed by atoms with Gasteiger partial charge in [-0.3, -0.25) is 0 Å². The van der Waals surface area contributed by atoms with E-state index in [1.165, 1.54) is 13.1 Å². The Balaban J connectivity index is -0.0000000420. The molecule has 0 saturated heterocycles. The van der Waals surface area contributed by atoms with E-state index in [1.807, 2.05) is 0 Å². The van der Waals surface area contributed by atoms with Crippen LogP contribution in [0, 0.1) is 16.2 Å². The van der Waals surface area contributed by atoms with Crippen molar-refractivity contribution < 1.29 is 19.2 Å². The summed E-state index contributed by atoms with van der Waals surface area (Å²) in [5, 5.41) is 16.2. The molecule has 0 saturated carbocycles. The zero-order valence-corrected chi connectivity index (χ0v) is 6.58. The Morgan fingerprint density at radius 3 is 0.923 bits per heavy atom. The van der Waals surface area contributed by atoms with Crippen molar-refractivity contribution in [2.75, 3.05) is 7.05 Å². The average molecular weight is 186 g/mol. The molecule has 0 aromatic rings. The van der Waals surface area contributed by atoms with Gasteiger partial charge in [0, 0.05) is 7.05 Å². The van der Waals surface area contributed by atoms with E-state index in [9.17, 15) is 0 Å². The molecule has 3 N–H and O–H groups in total. The molecule has 0 aliphatic rings. The minimum atomic E-state index is 0.750. The minimum Gasteiger partial charge on any atom is -0.222 e. The number of hydrogen-bond acceptors (Lipinski definition) is 8. The molecular weight excluding hydrogens is 180 g/mol. The Labute approximate surface area is 72.8 Å². The number of carbonyl (C=O) groups excluding carboxylic acids is 4. The van der Waals surface area contributed by atoms with Crippen LogP contribution < -0.4 is 0 Å². The van der Waals surface area contributed by atoms with Crippen molar-refractivity contribution in [1.29, 1.82) is 16.2 Å². The highest BCUT2D eigenvalue weighted by molar-refractivity contribution is 5.32. The second-order valence-corrected chi connectivity index (χ2v) is 0.621. The van der Waals surface area contributed by atoms with Crippen molar-refractivity contribution in [2.24, 2.45) is 4.99 Å². The molecular formula is C5H6N4O4. The fraction of sp³-hybridized carbons (Fsp3) is 0.200. The van der Waals surface area contributed by atoms with Gasteiger partial charge in [-0.1, -0.05) is 0 Å². The topological polar surface area (TPSA) is 152 Å². The first kappa shape index (κ1) is 22.4. The minimum absolute atomic E-state index is 0.750. The van der Waals surface area contributed by atoms with Gasteiger partial charge in [-0.05, 0) is 0 Å². The van der Waals surface area contributed by atoms with E-state index in [0.717, 1.165) is 18.2 Å². The van der Waals surface area contributed by atoms with Crippen LogP contribution in [0.2, 0.25) is 0 Å². The van der Waals surface area contributed by atoms with Crippen molar-refractivity contribution in [3.8, 4) is 0 Å². The molecule has 13 heavy (non-hydrogen) atoms. The summed E-state index contributed by atoms with van der Waals surface area (Å²) in [6.07, 6.45) is 3.56. The van der Waals surface area contributed by atoms with Crippen molar-refractivity contribution in [3.63, 3.8) is 0 Å². The molecule has 0 heterocycles. The van der Waals surface area contributed by atoms with E-state index in [0.29, 0.717) is 0 Å². The molecule has 0 aliphatic carbocycles. The van der Waals surface area contributed by atoms with Crippen LogP contribution in [0.4, 0.5) is 0 Å². The Morgan fingerprint density at radius 1 is 0.846 bits per heavy atom. The van der Waals surface area contributed by atoms with E-state index in [-0.39, 0.29) is 0 Å². The van der Waals surface area contributed by atoms with Crippen LogP contribution in [0.1, 0.15) is 0 Å². The number of rotatable bonds is 0. The molecule has 0 aromatic carbocycles. The molecule has 0 spiro atoms. The molecule has 0 aliphatic heterocycles. The Bertz CT molecular complexity index is 196. The molecule has 0 atom stereocenters. The van der Waals surface area contributed by atoms with Crippen LogP contribution in [0.3, 0.4) is 0 Å². The van der Waals surface area contributed by atoms with Gasteiger partial charge in [0.05, 0.1) is 0 Å². The highest BCUT2D eigenvalue weighted by Crippen LogP contribution is 1.28. The second-order valence-electron chi connectivity index (χ2n) is 0.621. The summed E-state index contributed by atoms with van der Waals surface area (Å²) in [7, 11) is 1.38. The third-order valence-electron chi connectivity index (χ3n) is 0.0913. The van der Waals surface area contributed by atoms with Gasteiger partial charge >= 0.3 is 0 Å². The zero-order chi connectivity index (χ0) is 11.5. The van der Waals surface area contributed by atoms with Gasteiger partial charge in [-0.15, -0.1) is 0 Å². The highest BCUT2D eigenvalue weighted by Gasteiger charge is 1.29. The monoisotopic (exact) mass is 186 g/mol. The number of nitrogens with zero attached hydrogens (tertiary/aromatic N) is 1. The molecule has 0 rings (SSSR count). The summed E-state index contributed by atoms with van der Waals surface area (Å²) < 4.78 is 0. The fourth-order valence-electron chi connectivity index (χ4n) is 0. The van der Waals surface area contributed by atoms with Gasteiger partial charge in [0.15, 0.2) is 0 Å². The van der Waals surface area contributed by atoms with Crippen LogP contribution in [-0.4, -0.2) is 31.4 Å². The predicted molar refractivity (Wildman–Crippen MR) is 39.3 cm³/mol. The summed E-state index contributed by atoms with van der Waals surface area (Å²) in [6, 6.07) is 0. The normalized spacial score (nSPS) is 3.15. The number of nitrogens with one attached hydrogen (secondary N) is 3. The first-order chi connectivity index (χ1) is 6.16. The molecule has 0 aromatic heterocycles. The number of hydrogen-bond donors (Lipinski definition) is 3. The summed E-state index contributed by atoms with van der Waals surface area (Å²) in [5.74, 6) is 0. The summed E-state index contributed by atoms with van der Waals surface area (Å²) in [4.78, 5) is 36.9. The molecule has 70 valence electrons. The van der Waals surface area contributed by atoms with Crippen LogP contribution >= 0.6 is 0 Å². The van der Waals surface area contributed by atoms with Crippen molar-refractivity contribution >= 4 is 24.3 Å². The fourth-order valence-corrected chi connectivity index (χ4v) is 0. The number of aliphatic imine (C=N–C) groups is 1. The number of isocyanates is 4. The third-order valence-corrected chi connectivity index (χ3v) is 0.0913. The molecule has 0 unspecified atom stereocenters. The van der Waals surface area contributed by atoms with Crippen LogP contribution in [0.5, 0.6) is 0 Å². The lowest BCUT2D eigenvalue weighted by Gasteiger charge is -1.36. The van der Waals surface area contributed by atoms with Crippen molar-refractivity contribution in [3.05, 3.63) is 0 Å². The molecule has 0 radical (unpaired) electrons. The van der Waals surface area contributed by atoms with Gasteiger partial charge < -0.3 is 0 Å². The van der Waals surface area contributed by atoms with Gasteiger partial charge in [0.2, 0.25) is 24.3 Å². The van der Waals surface area contributed by atoms with E-state index in [1.54, 1.807) is 0 Å². The Morgan fingerprint density at radius 2 is 0.923 bits per heavy atom. The van der Waals surface area contributed by atoms with Crippen LogP contribution in [0.25, 0.3) is 0 Å². The Kier molecular flexibility index (Phi) is 188. The summed E-state index contributed by atoms with van der Waals surface area (Å²) >= 11 is 0. The third kappa shape index (κ3) is 246. The maximum Gasteiger partial charge on any atom is 0.234 e. The van der Waals surface area contributed by atoms with Crippen molar-refractivity contribution in [1.82, 2.24) is 0 Å². The first-order valence-corrected chi connectivity index (χ1v) is 2.24. The van der Waals surface area contributed by atoms with Crippen LogP contribution in [-0.2, 0) is 19.2 Å². The Hall–Kier alpha value is -2.48. The largest absolute Gasteiger partial charge is 0.234 e. The highest BCUT2D eigenvalue weighted by atomic mass is 16.1. The van der Waals surface area contributed by atoms with Gasteiger partial charge in [-0.25, -0.2) is 40.4 Å². The molecule has 0 bridgehead atoms. The SMILES string of the molecule is CN=C=O.N=C=O.N=C=O.N=C=O. The quantitative estimate of drug-likeness (QED) is 0.349. The average Bonchev–Trinajstić information content (AvgIpc) is 2.08. The van der Waals surface area contributed by atoms with E-state index >= 15 is 0 Å². The van der Waals surface area contributed by atoms with Gasteiger partial charge in [0.1, 0.15) is 0 Å². The lowest BCUT2D eigenvalue weighted by Crippen LogP contribution is -1.38. The van der Waals surface area contributed by atoms with Crippen LogP contribution in [0.15, 0.2) is 4.99 Å². The molecule has 8 heteroatoms. The maximum absolute atomic E-state index is 8.88. The second kappa shape index (κ2) is 109. The first-order valence-electron chi connectivity index (χ1n) is 2.24. The van der Waals surface area contributed by atoms with Gasteiger partial charge in [-0.2, -0.15) is 0 Å². The molecule has 0 amide bonds. The lowest BCUT2D eigenvalue weighted by molar-refractivity contribution is 0.562. The van der Waals surface area contributed by atoms with Gasteiger partial charge in [0.25, 0.3) is 0 Å². The summed E-state index contributed by atoms with van der Waals surface area (Å²) in [6.45, 7) is 0. The van der Waals surface area contributed by atoms with E-state index in [2.05, 4.69) is 4.99 Å². The summed E-state index contributed by atoms with van der Waals surface area (Å²) in [5.41, 5.74) is 0.